The van der Waals surface area contributed by atoms with Gasteiger partial charge in [-0.15, -0.1) is 24.0 Å². The number of hydrogen-bond donors (Lipinski definition) is 2. The van der Waals surface area contributed by atoms with Crippen molar-refractivity contribution in [3.63, 3.8) is 0 Å². The van der Waals surface area contributed by atoms with Crippen LogP contribution in [0.4, 0.5) is 0 Å². The summed E-state index contributed by atoms with van der Waals surface area (Å²) in [5, 5.41) is 13.9. The number of rotatable bonds is 9. The molecule has 0 aromatic heterocycles. The van der Waals surface area contributed by atoms with Crippen molar-refractivity contribution in [2.24, 2.45) is 10.9 Å². The van der Waals surface area contributed by atoms with Crippen LogP contribution in [0.1, 0.15) is 31.9 Å². The number of aliphatic imine (C=N–C) groups is 1. The molecule has 28 heavy (non-hydrogen) atoms. The van der Waals surface area contributed by atoms with Gasteiger partial charge in [0, 0.05) is 38.2 Å². The predicted octanol–water partition coefficient (Wildman–Crippen LogP) is 2.68. The van der Waals surface area contributed by atoms with Crippen molar-refractivity contribution in [2.45, 2.75) is 26.4 Å². The van der Waals surface area contributed by atoms with E-state index < -0.39 is 6.10 Å². The number of halogens is 1. The molecule has 160 valence electrons. The molecule has 1 aliphatic rings. The van der Waals surface area contributed by atoms with Crippen molar-refractivity contribution in [3.8, 4) is 11.5 Å². The molecule has 8 heteroatoms. The van der Waals surface area contributed by atoms with Crippen LogP contribution < -0.4 is 14.8 Å². The summed E-state index contributed by atoms with van der Waals surface area (Å²) < 4.78 is 16.1. The van der Waals surface area contributed by atoms with Gasteiger partial charge < -0.3 is 29.5 Å². The molecular formula is C20H34IN3O4. The molecule has 0 saturated carbocycles. The predicted molar refractivity (Wildman–Crippen MR) is 122 cm³/mol. The number of methoxy groups -OCH3 is 2. The second-order valence-electron chi connectivity index (χ2n) is 6.62. The Hall–Kier alpha value is -1.26. The molecule has 7 nitrogen and oxygen atoms in total. The summed E-state index contributed by atoms with van der Waals surface area (Å²) in [6.45, 7) is 8.54. The third-order valence-electron chi connectivity index (χ3n) is 4.65. The number of likely N-dealkylation sites (tertiary alicyclic amines) is 1. The zero-order valence-electron chi connectivity index (χ0n) is 17.3. The first kappa shape index (κ1) is 24.8. The van der Waals surface area contributed by atoms with E-state index in [-0.39, 0.29) is 30.5 Å². The third kappa shape index (κ3) is 7.29. The normalized spacial score (nSPS) is 17.8. The molecule has 0 radical (unpaired) electrons. The molecule has 2 N–H and O–H groups in total. The molecule has 2 atom stereocenters. The van der Waals surface area contributed by atoms with Gasteiger partial charge in [0.05, 0.1) is 33.5 Å². The molecule has 1 saturated heterocycles. The third-order valence-corrected chi connectivity index (χ3v) is 4.65. The van der Waals surface area contributed by atoms with E-state index in [9.17, 15) is 5.11 Å². The zero-order valence-corrected chi connectivity index (χ0v) is 19.6. The Kier molecular flexibility index (Phi) is 11.6. The maximum atomic E-state index is 10.6. The van der Waals surface area contributed by atoms with Crippen LogP contribution in [0.2, 0.25) is 0 Å². The highest BCUT2D eigenvalue weighted by molar-refractivity contribution is 14.0. The molecule has 1 aromatic carbocycles. The van der Waals surface area contributed by atoms with Gasteiger partial charge in [0.15, 0.2) is 5.96 Å². The van der Waals surface area contributed by atoms with Crippen LogP contribution in [0, 0.1) is 5.92 Å². The van der Waals surface area contributed by atoms with Crippen molar-refractivity contribution in [2.75, 3.05) is 53.6 Å². The van der Waals surface area contributed by atoms with E-state index in [0.717, 1.165) is 50.8 Å². The van der Waals surface area contributed by atoms with Crippen LogP contribution >= 0.6 is 24.0 Å². The second kappa shape index (κ2) is 13.1. The molecule has 2 unspecified atom stereocenters. The summed E-state index contributed by atoms with van der Waals surface area (Å²) in [6.07, 6.45) is 0.365. The van der Waals surface area contributed by atoms with Crippen molar-refractivity contribution < 1.29 is 19.3 Å². The lowest BCUT2D eigenvalue weighted by Crippen LogP contribution is -2.40. The molecule has 2 rings (SSSR count). The van der Waals surface area contributed by atoms with Gasteiger partial charge in [-0.1, -0.05) is 0 Å². The van der Waals surface area contributed by atoms with Gasteiger partial charge in [0.1, 0.15) is 11.5 Å². The van der Waals surface area contributed by atoms with Gasteiger partial charge in [-0.3, -0.25) is 4.99 Å². The van der Waals surface area contributed by atoms with Crippen LogP contribution in [0.25, 0.3) is 0 Å². The molecule has 0 bridgehead atoms. The van der Waals surface area contributed by atoms with Gasteiger partial charge in [0.2, 0.25) is 0 Å². The lowest BCUT2D eigenvalue weighted by molar-refractivity contribution is 0.114. The van der Waals surface area contributed by atoms with Gasteiger partial charge >= 0.3 is 0 Å². The van der Waals surface area contributed by atoms with Crippen molar-refractivity contribution >= 4 is 29.9 Å². The van der Waals surface area contributed by atoms with Crippen LogP contribution in [-0.4, -0.2) is 69.6 Å². The first-order valence-electron chi connectivity index (χ1n) is 9.63. The number of ether oxygens (including phenoxy) is 3. The topological polar surface area (TPSA) is 75.6 Å². The van der Waals surface area contributed by atoms with E-state index in [4.69, 9.17) is 14.2 Å². The van der Waals surface area contributed by atoms with Crippen LogP contribution in [0.5, 0.6) is 11.5 Å². The summed E-state index contributed by atoms with van der Waals surface area (Å²) in [6, 6.07) is 5.40. The molecule has 0 aliphatic carbocycles. The van der Waals surface area contributed by atoms with E-state index in [1.165, 1.54) is 0 Å². The number of nitrogens with zero attached hydrogens (tertiary/aromatic N) is 2. The highest BCUT2D eigenvalue weighted by Gasteiger charge is 2.25. The summed E-state index contributed by atoms with van der Waals surface area (Å²) in [4.78, 5) is 6.90. The standard InChI is InChI=1S/C20H33N3O4.HI/c1-5-21-20(23-8-7-15(13-23)14-27-6-2)22-12-19(24)16-9-17(25-3)11-18(10-16)26-4;/h9-11,15,19,24H,5-8,12-14H2,1-4H3,(H,21,22);1H. The molecule has 1 aromatic rings. The summed E-state index contributed by atoms with van der Waals surface area (Å²) in [5.41, 5.74) is 0.724. The lowest BCUT2D eigenvalue weighted by atomic mass is 10.1. The smallest absolute Gasteiger partial charge is 0.194 e. The molecule has 0 amide bonds. The minimum absolute atomic E-state index is 0. The number of aliphatic hydroxyl groups excluding tert-OH is 1. The molecule has 0 spiro atoms. The SMILES string of the molecule is CCNC(=NCC(O)c1cc(OC)cc(OC)c1)N1CCC(COCC)C1.I. The Morgan fingerprint density at radius 3 is 2.50 bits per heavy atom. The molecular weight excluding hydrogens is 473 g/mol. The first-order valence-corrected chi connectivity index (χ1v) is 9.63. The van der Waals surface area contributed by atoms with E-state index in [1.54, 1.807) is 20.3 Å². The molecule has 1 heterocycles. The second-order valence-corrected chi connectivity index (χ2v) is 6.62. The van der Waals surface area contributed by atoms with Gasteiger partial charge in [-0.25, -0.2) is 0 Å². The Morgan fingerprint density at radius 1 is 1.25 bits per heavy atom. The largest absolute Gasteiger partial charge is 0.497 e. The minimum Gasteiger partial charge on any atom is -0.497 e. The zero-order chi connectivity index (χ0) is 19.6. The molecule has 1 fully saturated rings. The maximum absolute atomic E-state index is 10.6. The fraction of sp³-hybridized carbons (Fsp3) is 0.650. The van der Waals surface area contributed by atoms with Crippen LogP contribution in [-0.2, 0) is 4.74 Å². The summed E-state index contributed by atoms with van der Waals surface area (Å²) in [7, 11) is 3.19. The highest BCUT2D eigenvalue weighted by atomic mass is 127. The lowest BCUT2D eigenvalue weighted by Gasteiger charge is -2.22. The fourth-order valence-electron chi connectivity index (χ4n) is 3.17. The Labute approximate surface area is 185 Å². The Morgan fingerprint density at radius 2 is 1.93 bits per heavy atom. The number of benzene rings is 1. The monoisotopic (exact) mass is 507 g/mol. The summed E-state index contributed by atoms with van der Waals surface area (Å²) >= 11 is 0. The van der Waals surface area contributed by atoms with Gasteiger partial charge in [-0.2, -0.15) is 0 Å². The van der Waals surface area contributed by atoms with Crippen LogP contribution in [0.15, 0.2) is 23.2 Å². The average Bonchev–Trinajstić information content (AvgIpc) is 3.17. The Balaban J connectivity index is 0.00000392. The van der Waals surface area contributed by atoms with Crippen molar-refractivity contribution in [3.05, 3.63) is 23.8 Å². The summed E-state index contributed by atoms with van der Waals surface area (Å²) in [5.74, 6) is 2.67. The van der Waals surface area contributed by atoms with Gasteiger partial charge in [0.25, 0.3) is 0 Å². The Bertz CT molecular complexity index is 593. The average molecular weight is 507 g/mol. The van der Waals surface area contributed by atoms with E-state index in [0.29, 0.717) is 17.4 Å². The maximum Gasteiger partial charge on any atom is 0.194 e. The van der Waals surface area contributed by atoms with Gasteiger partial charge in [-0.05, 0) is 38.0 Å². The fourth-order valence-corrected chi connectivity index (χ4v) is 3.17. The molecule has 1 aliphatic heterocycles. The van der Waals surface area contributed by atoms with E-state index >= 15 is 0 Å². The van der Waals surface area contributed by atoms with E-state index in [1.807, 2.05) is 26.0 Å². The van der Waals surface area contributed by atoms with Crippen molar-refractivity contribution in [1.29, 1.82) is 0 Å². The quantitative estimate of drug-likeness (QED) is 0.304. The van der Waals surface area contributed by atoms with Crippen molar-refractivity contribution in [1.82, 2.24) is 10.2 Å². The number of guanidine groups is 1. The van der Waals surface area contributed by atoms with Crippen LogP contribution in [0.3, 0.4) is 0 Å². The number of aliphatic hydroxyl groups is 1. The number of hydrogen-bond acceptors (Lipinski definition) is 5. The first-order chi connectivity index (χ1) is 13.1. The van der Waals surface area contributed by atoms with E-state index in [2.05, 4.69) is 15.2 Å². The minimum atomic E-state index is -0.732. The number of nitrogens with one attached hydrogen (secondary N) is 1. The highest BCUT2D eigenvalue weighted by Crippen LogP contribution is 2.26.